The summed E-state index contributed by atoms with van der Waals surface area (Å²) in [6.45, 7) is 3.90. The van der Waals surface area contributed by atoms with Crippen LogP contribution >= 0.6 is 11.6 Å². The third-order valence-corrected chi connectivity index (χ3v) is 3.24. The molecule has 1 amide bonds. The number of carbonyl (C=O) groups is 1. The molecule has 18 heavy (non-hydrogen) atoms. The summed E-state index contributed by atoms with van der Waals surface area (Å²) >= 11 is 5.81. The second kappa shape index (κ2) is 5.59. The van der Waals surface area contributed by atoms with Crippen LogP contribution in [0.5, 0.6) is 5.75 Å². The molecule has 2 rings (SSSR count). The van der Waals surface area contributed by atoms with Crippen molar-refractivity contribution in [3.63, 3.8) is 0 Å². The Kier molecular flexibility index (Phi) is 4.09. The Morgan fingerprint density at radius 2 is 2.33 bits per heavy atom. The first kappa shape index (κ1) is 13.2. The SMILES string of the molecule is CC1CN(C(=O)c2ccc(O)c(Cl)c2)CCCO1. The van der Waals surface area contributed by atoms with Crippen molar-refractivity contribution in [1.82, 2.24) is 4.90 Å². The molecule has 5 heteroatoms. The topological polar surface area (TPSA) is 49.8 Å². The molecule has 0 spiro atoms. The van der Waals surface area contributed by atoms with E-state index in [4.69, 9.17) is 16.3 Å². The van der Waals surface area contributed by atoms with Crippen molar-refractivity contribution < 1.29 is 14.6 Å². The first-order valence-corrected chi connectivity index (χ1v) is 6.35. The molecular weight excluding hydrogens is 254 g/mol. The molecule has 1 aliphatic heterocycles. The van der Waals surface area contributed by atoms with Crippen LogP contribution in [-0.2, 0) is 4.74 Å². The molecular formula is C13H16ClNO3. The lowest BCUT2D eigenvalue weighted by Gasteiger charge is -2.22. The van der Waals surface area contributed by atoms with Gasteiger partial charge in [0.25, 0.3) is 5.91 Å². The van der Waals surface area contributed by atoms with E-state index in [9.17, 15) is 9.90 Å². The highest BCUT2D eigenvalue weighted by molar-refractivity contribution is 6.32. The number of benzene rings is 1. The van der Waals surface area contributed by atoms with Crippen molar-refractivity contribution in [2.24, 2.45) is 0 Å². The monoisotopic (exact) mass is 269 g/mol. The zero-order chi connectivity index (χ0) is 13.1. The van der Waals surface area contributed by atoms with Gasteiger partial charge in [0, 0.05) is 25.3 Å². The molecule has 1 heterocycles. The molecule has 1 unspecified atom stereocenters. The summed E-state index contributed by atoms with van der Waals surface area (Å²) in [5.41, 5.74) is 0.493. The fraction of sp³-hybridized carbons (Fsp3) is 0.462. The summed E-state index contributed by atoms with van der Waals surface area (Å²) in [5, 5.41) is 9.54. The van der Waals surface area contributed by atoms with Gasteiger partial charge >= 0.3 is 0 Å². The van der Waals surface area contributed by atoms with Crippen molar-refractivity contribution in [1.29, 1.82) is 0 Å². The molecule has 1 aliphatic rings. The molecule has 1 saturated heterocycles. The summed E-state index contributed by atoms with van der Waals surface area (Å²) in [5.74, 6) is -0.0879. The van der Waals surface area contributed by atoms with Crippen LogP contribution in [0.15, 0.2) is 18.2 Å². The van der Waals surface area contributed by atoms with Crippen molar-refractivity contribution in [2.75, 3.05) is 19.7 Å². The number of nitrogens with zero attached hydrogens (tertiary/aromatic N) is 1. The number of phenolic OH excluding ortho intramolecular Hbond substituents is 1. The summed E-state index contributed by atoms with van der Waals surface area (Å²) in [6, 6.07) is 4.52. The van der Waals surface area contributed by atoms with Crippen LogP contribution in [0.3, 0.4) is 0 Å². The molecule has 0 aliphatic carbocycles. The molecule has 1 aromatic carbocycles. The molecule has 0 aromatic heterocycles. The van der Waals surface area contributed by atoms with Crippen LogP contribution < -0.4 is 0 Å². The normalized spacial score (nSPS) is 20.6. The van der Waals surface area contributed by atoms with Gasteiger partial charge in [-0.05, 0) is 31.5 Å². The van der Waals surface area contributed by atoms with E-state index in [0.29, 0.717) is 25.3 Å². The van der Waals surface area contributed by atoms with Crippen molar-refractivity contribution in [3.05, 3.63) is 28.8 Å². The number of amides is 1. The summed E-state index contributed by atoms with van der Waals surface area (Å²) in [7, 11) is 0. The number of aromatic hydroxyl groups is 1. The molecule has 0 bridgehead atoms. The van der Waals surface area contributed by atoms with Gasteiger partial charge in [0.05, 0.1) is 11.1 Å². The van der Waals surface area contributed by atoms with E-state index in [1.165, 1.54) is 12.1 Å². The lowest BCUT2D eigenvalue weighted by Crippen LogP contribution is -2.35. The van der Waals surface area contributed by atoms with E-state index in [2.05, 4.69) is 0 Å². The highest BCUT2D eigenvalue weighted by Crippen LogP contribution is 2.24. The number of hydrogen-bond donors (Lipinski definition) is 1. The van der Waals surface area contributed by atoms with Crippen molar-refractivity contribution >= 4 is 17.5 Å². The number of phenols is 1. The number of halogens is 1. The third-order valence-electron chi connectivity index (χ3n) is 2.93. The van der Waals surface area contributed by atoms with Crippen LogP contribution in [0.1, 0.15) is 23.7 Å². The Labute approximate surface area is 111 Å². The Hall–Kier alpha value is -1.26. The van der Waals surface area contributed by atoms with Gasteiger partial charge in [-0.2, -0.15) is 0 Å². The Morgan fingerprint density at radius 3 is 3.06 bits per heavy atom. The predicted octanol–water partition coefficient (Wildman–Crippen LogP) is 2.30. The lowest BCUT2D eigenvalue weighted by molar-refractivity contribution is 0.0562. The maximum Gasteiger partial charge on any atom is 0.253 e. The summed E-state index contributed by atoms with van der Waals surface area (Å²) in [6.07, 6.45) is 0.881. The average molecular weight is 270 g/mol. The lowest BCUT2D eigenvalue weighted by atomic mass is 10.1. The van der Waals surface area contributed by atoms with Gasteiger partial charge in [-0.15, -0.1) is 0 Å². The van der Waals surface area contributed by atoms with Crippen LogP contribution in [0.25, 0.3) is 0 Å². The van der Waals surface area contributed by atoms with E-state index < -0.39 is 0 Å². The van der Waals surface area contributed by atoms with Gasteiger partial charge in [0.2, 0.25) is 0 Å². The van der Waals surface area contributed by atoms with E-state index in [1.807, 2.05) is 6.92 Å². The molecule has 98 valence electrons. The fourth-order valence-corrected chi connectivity index (χ4v) is 2.18. The molecule has 1 N–H and O–H groups in total. The second-order valence-electron chi connectivity index (χ2n) is 4.45. The minimum Gasteiger partial charge on any atom is -0.506 e. The van der Waals surface area contributed by atoms with Crippen molar-refractivity contribution in [3.8, 4) is 5.75 Å². The van der Waals surface area contributed by atoms with Gasteiger partial charge in [-0.25, -0.2) is 0 Å². The van der Waals surface area contributed by atoms with Crippen molar-refractivity contribution in [2.45, 2.75) is 19.4 Å². The maximum absolute atomic E-state index is 12.3. The highest BCUT2D eigenvalue weighted by atomic mass is 35.5. The zero-order valence-electron chi connectivity index (χ0n) is 10.2. The molecule has 1 aromatic rings. The Balaban J connectivity index is 2.16. The van der Waals surface area contributed by atoms with Gasteiger partial charge < -0.3 is 14.7 Å². The number of ether oxygens (including phenoxy) is 1. The first-order chi connectivity index (χ1) is 8.58. The van der Waals surface area contributed by atoms with Gasteiger partial charge in [0.15, 0.2) is 0 Å². The Morgan fingerprint density at radius 1 is 1.56 bits per heavy atom. The summed E-state index contributed by atoms with van der Waals surface area (Å²) in [4.78, 5) is 14.1. The van der Waals surface area contributed by atoms with E-state index in [1.54, 1.807) is 11.0 Å². The molecule has 1 fully saturated rings. The molecule has 0 radical (unpaired) electrons. The second-order valence-corrected chi connectivity index (χ2v) is 4.86. The molecule has 4 nitrogen and oxygen atoms in total. The third kappa shape index (κ3) is 2.94. The quantitative estimate of drug-likeness (QED) is 0.851. The largest absolute Gasteiger partial charge is 0.506 e. The smallest absolute Gasteiger partial charge is 0.253 e. The van der Waals surface area contributed by atoms with Gasteiger partial charge in [-0.1, -0.05) is 11.6 Å². The van der Waals surface area contributed by atoms with E-state index in [-0.39, 0.29) is 22.8 Å². The van der Waals surface area contributed by atoms with E-state index >= 15 is 0 Å². The van der Waals surface area contributed by atoms with Crippen LogP contribution in [0, 0.1) is 0 Å². The minimum atomic E-state index is -0.0748. The van der Waals surface area contributed by atoms with Crippen LogP contribution in [-0.4, -0.2) is 41.7 Å². The average Bonchev–Trinajstić information content (AvgIpc) is 2.56. The first-order valence-electron chi connectivity index (χ1n) is 5.97. The maximum atomic E-state index is 12.3. The predicted molar refractivity (Wildman–Crippen MR) is 69.1 cm³/mol. The number of carbonyl (C=O) groups excluding carboxylic acids is 1. The van der Waals surface area contributed by atoms with Crippen LogP contribution in [0.2, 0.25) is 5.02 Å². The van der Waals surface area contributed by atoms with Crippen LogP contribution in [0.4, 0.5) is 0 Å². The zero-order valence-corrected chi connectivity index (χ0v) is 11.0. The minimum absolute atomic E-state index is 0.0132. The van der Waals surface area contributed by atoms with E-state index in [0.717, 1.165) is 6.42 Å². The van der Waals surface area contributed by atoms with Gasteiger partial charge in [-0.3, -0.25) is 4.79 Å². The number of rotatable bonds is 1. The molecule has 1 atom stereocenters. The number of hydrogen-bond acceptors (Lipinski definition) is 3. The Bertz CT molecular complexity index is 450. The summed E-state index contributed by atoms with van der Waals surface area (Å²) < 4.78 is 5.50. The standard InChI is InChI=1S/C13H16ClNO3/c1-9-8-15(5-2-6-18-9)13(17)10-3-4-12(16)11(14)7-10/h3-4,7,9,16H,2,5-6,8H2,1H3. The molecule has 0 saturated carbocycles. The van der Waals surface area contributed by atoms with Gasteiger partial charge in [0.1, 0.15) is 5.75 Å². The highest BCUT2D eigenvalue weighted by Gasteiger charge is 2.21. The fourth-order valence-electron chi connectivity index (χ4n) is 2.00.